The number of para-hydroxylation sites is 2. The standard InChI is InChI=1S/C25H16INO2S/c26-20-9-13-22(14-10-20)30(28,29)23-15-11-21(12-16-23)27-24-7-3-1-5-18(24)17-19-6-2-4-8-25(19)27/h1-9,11-13,15-16H,17H2. The first-order chi connectivity index (χ1) is 14.5. The van der Waals surface area contributed by atoms with Crippen molar-refractivity contribution in [1.82, 2.24) is 0 Å². The summed E-state index contributed by atoms with van der Waals surface area (Å²) in [7, 11) is -3.63. The van der Waals surface area contributed by atoms with E-state index in [1.54, 1.807) is 24.3 Å². The lowest BCUT2D eigenvalue weighted by molar-refractivity contribution is 0.603. The number of rotatable bonds is 3. The zero-order valence-electron chi connectivity index (χ0n) is 15.8. The molecule has 0 radical (unpaired) electrons. The van der Waals surface area contributed by atoms with Crippen molar-refractivity contribution in [3.8, 4) is 0 Å². The van der Waals surface area contributed by atoms with E-state index in [-0.39, 0.29) is 9.80 Å². The van der Waals surface area contributed by atoms with Gasteiger partial charge in [-0.15, -0.1) is 0 Å². The highest BCUT2D eigenvalue weighted by molar-refractivity contribution is 14.1. The van der Waals surface area contributed by atoms with E-state index < -0.39 is 9.84 Å². The van der Waals surface area contributed by atoms with Crippen LogP contribution in [0.2, 0.25) is 0 Å². The largest absolute Gasteiger partial charge is 0.310 e. The third-order valence-corrected chi connectivity index (χ3v) is 7.57. The van der Waals surface area contributed by atoms with Crippen molar-refractivity contribution in [1.29, 1.82) is 0 Å². The van der Waals surface area contributed by atoms with Crippen LogP contribution in [-0.2, 0) is 16.3 Å². The van der Waals surface area contributed by atoms with Gasteiger partial charge in [0.1, 0.15) is 4.91 Å². The summed E-state index contributed by atoms with van der Waals surface area (Å²) >= 11 is 2.08. The van der Waals surface area contributed by atoms with Crippen LogP contribution >= 0.6 is 22.6 Å². The predicted molar refractivity (Wildman–Crippen MR) is 128 cm³/mol. The van der Waals surface area contributed by atoms with E-state index in [4.69, 9.17) is 0 Å². The molecule has 0 saturated heterocycles. The molecule has 0 aromatic heterocycles. The lowest BCUT2D eigenvalue weighted by atomic mass is 9.95. The van der Waals surface area contributed by atoms with E-state index in [9.17, 15) is 8.42 Å². The van der Waals surface area contributed by atoms with Crippen molar-refractivity contribution >= 4 is 49.5 Å². The molecule has 30 heavy (non-hydrogen) atoms. The minimum Gasteiger partial charge on any atom is -0.310 e. The molecule has 0 unspecified atom stereocenters. The number of nitrogens with zero attached hydrogens (tertiary/aromatic N) is 1. The van der Waals surface area contributed by atoms with Crippen LogP contribution in [0.4, 0.5) is 17.1 Å². The minimum atomic E-state index is -3.63. The Morgan fingerprint density at radius 2 is 1.37 bits per heavy atom. The normalized spacial score (nSPS) is 14.6. The zero-order valence-corrected chi connectivity index (χ0v) is 18.8. The van der Waals surface area contributed by atoms with Crippen molar-refractivity contribution < 1.29 is 8.42 Å². The van der Waals surface area contributed by atoms with Crippen molar-refractivity contribution in [2.24, 2.45) is 0 Å². The average molecular weight is 521 g/mol. The second kappa shape index (κ2) is 7.46. The molecule has 0 N–H and O–H groups in total. The van der Waals surface area contributed by atoms with Crippen LogP contribution in [0.25, 0.3) is 0 Å². The summed E-state index contributed by atoms with van der Waals surface area (Å²) in [4.78, 5) is 2.56. The minimum absolute atomic E-state index is 0.129. The summed E-state index contributed by atoms with van der Waals surface area (Å²) in [5, 5.41) is 0. The molecule has 0 fully saturated rings. The molecule has 3 nitrogen and oxygen atoms in total. The summed E-state index contributed by atoms with van der Waals surface area (Å²) < 4.78 is 26.7. The fourth-order valence-electron chi connectivity index (χ4n) is 3.78. The van der Waals surface area contributed by atoms with Gasteiger partial charge in [0.2, 0.25) is 9.84 Å². The second-order valence-corrected chi connectivity index (χ2v) is 10.1. The lowest BCUT2D eigenvalue weighted by Crippen LogP contribution is -2.18. The fourth-order valence-corrected chi connectivity index (χ4v) is 5.28. The number of anilines is 3. The molecule has 0 saturated carbocycles. The second-order valence-electron chi connectivity index (χ2n) is 7.06. The van der Waals surface area contributed by atoms with Crippen LogP contribution < -0.4 is 4.90 Å². The Kier molecular flexibility index (Phi) is 4.76. The Balaban J connectivity index is 1.59. The Morgan fingerprint density at radius 3 is 1.93 bits per heavy atom. The van der Waals surface area contributed by atoms with Gasteiger partial charge < -0.3 is 4.90 Å². The molecule has 5 heteroatoms. The number of fused-ring (bicyclic) bond motifs is 2. The molecule has 1 aliphatic heterocycles. The molecule has 5 rings (SSSR count). The highest BCUT2D eigenvalue weighted by Crippen LogP contribution is 2.43. The molecule has 0 spiro atoms. The maximum Gasteiger partial charge on any atom is 0.214 e. The van der Waals surface area contributed by atoms with Gasteiger partial charge in [0.25, 0.3) is 0 Å². The summed E-state index contributed by atoms with van der Waals surface area (Å²) in [6.45, 7) is 0. The molecule has 3 aromatic rings. The van der Waals surface area contributed by atoms with E-state index in [2.05, 4.69) is 75.4 Å². The molecular weight excluding hydrogens is 505 g/mol. The third-order valence-electron chi connectivity index (χ3n) is 5.23. The fraction of sp³-hybridized carbons (Fsp3) is 0.0400. The summed E-state index contributed by atoms with van der Waals surface area (Å²) in [6, 6.07) is 23.7. The quantitative estimate of drug-likeness (QED) is 0.233. The number of halogens is 1. The summed E-state index contributed by atoms with van der Waals surface area (Å²) in [6.07, 6.45) is 4.17. The molecule has 0 atom stereocenters. The predicted octanol–water partition coefficient (Wildman–Crippen LogP) is 6.36. The Bertz CT molecular complexity index is 1360. The number of hydrogen-bond donors (Lipinski definition) is 0. The summed E-state index contributed by atoms with van der Waals surface area (Å²) in [5.74, 6) is 0. The van der Waals surface area contributed by atoms with Crippen LogP contribution in [0.5, 0.6) is 0 Å². The number of allylic oxidation sites excluding steroid dienone is 3. The van der Waals surface area contributed by atoms with E-state index in [1.807, 2.05) is 24.3 Å². The molecule has 3 aromatic carbocycles. The Labute approximate surface area is 189 Å². The van der Waals surface area contributed by atoms with Gasteiger partial charge in [0.05, 0.1) is 8.48 Å². The van der Waals surface area contributed by atoms with E-state index in [0.717, 1.165) is 27.1 Å². The first-order valence-electron chi connectivity index (χ1n) is 9.45. The molecule has 146 valence electrons. The molecule has 0 bridgehead atoms. The van der Waals surface area contributed by atoms with Gasteiger partial charge in [-0.05, 0) is 88.0 Å². The first kappa shape index (κ1) is 19.2. The number of benzene rings is 3. The van der Waals surface area contributed by atoms with Gasteiger partial charge in [-0.2, -0.15) is 0 Å². The van der Waals surface area contributed by atoms with Crippen molar-refractivity contribution in [3.63, 3.8) is 0 Å². The first-order valence-corrected chi connectivity index (χ1v) is 12.0. The summed E-state index contributed by atoms with van der Waals surface area (Å²) in [5.41, 5.74) is 11.2. The third kappa shape index (κ3) is 3.26. The number of sulfone groups is 1. The lowest BCUT2D eigenvalue weighted by Gasteiger charge is -2.33. The number of hydrogen-bond acceptors (Lipinski definition) is 3. The molecule has 1 aliphatic carbocycles. The molecule has 1 heterocycles. The van der Waals surface area contributed by atoms with Crippen molar-refractivity contribution in [3.05, 3.63) is 116 Å². The van der Waals surface area contributed by atoms with E-state index >= 15 is 0 Å². The van der Waals surface area contributed by atoms with E-state index in [1.165, 1.54) is 11.1 Å². The van der Waals surface area contributed by atoms with E-state index in [0.29, 0.717) is 0 Å². The Morgan fingerprint density at radius 1 is 0.767 bits per heavy atom. The van der Waals surface area contributed by atoms with Gasteiger partial charge >= 0.3 is 0 Å². The van der Waals surface area contributed by atoms with Crippen molar-refractivity contribution in [2.75, 3.05) is 4.90 Å². The van der Waals surface area contributed by atoms with Crippen LogP contribution in [0.1, 0.15) is 11.1 Å². The van der Waals surface area contributed by atoms with Crippen LogP contribution in [-0.4, -0.2) is 8.42 Å². The van der Waals surface area contributed by atoms with Gasteiger partial charge in [0, 0.05) is 23.5 Å². The topological polar surface area (TPSA) is 37.4 Å². The average Bonchev–Trinajstić information content (AvgIpc) is 2.78. The highest BCUT2D eigenvalue weighted by atomic mass is 127. The van der Waals surface area contributed by atoms with Crippen LogP contribution in [0, 0.1) is 0 Å². The Hall–Kier alpha value is -2.82. The van der Waals surface area contributed by atoms with Crippen LogP contribution in [0.3, 0.4) is 0 Å². The van der Waals surface area contributed by atoms with Gasteiger partial charge in [-0.3, -0.25) is 0 Å². The zero-order chi connectivity index (χ0) is 20.7. The van der Waals surface area contributed by atoms with Gasteiger partial charge in [-0.25, -0.2) is 8.42 Å². The maximum absolute atomic E-state index is 13.0. The molecular formula is C25H16INO2S. The van der Waals surface area contributed by atoms with Gasteiger partial charge in [0.15, 0.2) is 0 Å². The van der Waals surface area contributed by atoms with Crippen molar-refractivity contribution in [2.45, 2.75) is 11.3 Å². The smallest absolute Gasteiger partial charge is 0.214 e. The maximum atomic E-state index is 13.0. The SMILES string of the molecule is O=S(=O)(C1=C=C=C(I)C=C1)c1ccc(N2c3ccccc3Cc3ccccc32)cc1. The highest BCUT2D eigenvalue weighted by Gasteiger charge is 2.25. The van der Waals surface area contributed by atoms with Gasteiger partial charge in [-0.1, -0.05) is 42.1 Å². The van der Waals surface area contributed by atoms with Crippen LogP contribution in [0.15, 0.2) is 110 Å². The molecule has 0 amide bonds. The monoisotopic (exact) mass is 521 g/mol. The molecule has 2 aliphatic rings.